The Labute approximate surface area is 150 Å². The molecular weight excluding hydrogens is 337 g/mol. The topological polar surface area (TPSA) is 77.2 Å². The quantitative estimate of drug-likeness (QED) is 0.701. The molecule has 0 bridgehead atoms. The van der Waals surface area contributed by atoms with E-state index in [1.807, 2.05) is 24.3 Å². The van der Waals surface area contributed by atoms with Crippen molar-refractivity contribution in [2.45, 2.75) is 19.4 Å². The Morgan fingerprint density at radius 3 is 2.73 bits per heavy atom. The molecular formula is C19H18FN3O3. The van der Waals surface area contributed by atoms with E-state index in [1.165, 1.54) is 12.1 Å². The van der Waals surface area contributed by atoms with E-state index in [0.717, 1.165) is 11.3 Å². The maximum Gasteiger partial charge on any atom is 0.227 e. The molecule has 0 aliphatic heterocycles. The highest BCUT2D eigenvalue weighted by molar-refractivity contribution is 5.91. The third-order valence-electron chi connectivity index (χ3n) is 3.73. The highest BCUT2D eigenvalue weighted by Crippen LogP contribution is 2.18. The molecule has 26 heavy (non-hydrogen) atoms. The minimum Gasteiger partial charge on any atom is -0.380 e. The summed E-state index contributed by atoms with van der Waals surface area (Å²) < 4.78 is 23.2. The van der Waals surface area contributed by atoms with Crippen molar-refractivity contribution in [3.63, 3.8) is 0 Å². The summed E-state index contributed by atoms with van der Waals surface area (Å²) >= 11 is 0. The zero-order valence-corrected chi connectivity index (χ0v) is 14.2. The number of rotatable bonds is 7. The van der Waals surface area contributed by atoms with Crippen molar-refractivity contribution in [3.05, 3.63) is 65.8 Å². The van der Waals surface area contributed by atoms with Gasteiger partial charge in [-0.3, -0.25) is 4.79 Å². The number of nitrogens with one attached hydrogen (secondary N) is 1. The molecule has 1 heterocycles. The van der Waals surface area contributed by atoms with Crippen LogP contribution in [0.2, 0.25) is 0 Å². The Bertz CT molecular complexity index is 878. The van der Waals surface area contributed by atoms with Crippen LogP contribution in [-0.2, 0) is 22.6 Å². The van der Waals surface area contributed by atoms with Crippen molar-refractivity contribution in [2.24, 2.45) is 0 Å². The van der Waals surface area contributed by atoms with Crippen LogP contribution >= 0.6 is 0 Å². The molecule has 6 nitrogen and oxygen atoms in total. The van der Waals surface area contributed by atoms with Crippen LogP contribution in [0.3, 0.4) is 0 Å². The number of aryl methyl sites for hydroxylation is 1. The van der Waals surface area contributed by atoms with E-state index in [2.05, 4.69) is 15.5 Å². The molecule has 0 saturated heterocycles. The van der Waals surface area contributed by atoms with Crippen LogP contribution in [0.1, 0.15) is 17.9 Å². The van der Waals surface area contributed by atoms with Crippen molar-refractivity contribution in [3.8, 4) is 11.4 Å². The van der Waals surface area contributed by atoms with Gasteiger partial charge >= 0.3 is 0 Å². The molecule has 0 aliphatic rings. The van der Waals surface area contributed by atoms with Gasteiger partial charge in [-0.2, -0.15) is 4.98 Å². The van der Waals surface area contributed by atoms with Gasteiger partial charge in [0.1, 0.15) is 5.82 Å². The van der Waals surface area contributed by atoms with Crippen LogP contribution in [-0.4, -0.2) is 23.2 Å². The van der Waals surface area contributed by atoms with E-state index >= 15 is 0 Å². The van der Waals surface area contributed by atoms with Gasteiger partial charge in [0.25, 0.3) is 0 Å². The van der Waals surface area contributed by atoms with E-state index < -0.39 is 0 Å². The Hall–Kier alpha value is -3.06. The lowest BCUT2D eigenvalue weighted by molar-refractivity contribution is -0.116. The summed E-state index contributed by atoms with van der Waals surface area (Å²) in [7, 11) is 1.60. The summed E-state index contributed by atoms with van der Waals surface area (Å²) in [4.78, 5) is 16.4. The van der Waals surface area contributed by atoms with Crippen LogP contribution in [0, 0.1) is 5.82 Å². The second-order valence-corrected chi connectivity index (χ2v) is 5.66. The van der Waals surface area contributed by atoms with Gasteiger partial charge < -0.3 is 14.6 Å². The summed E-state index contributed by atoms with van der Waals surface area (Å²) in [6.07, 6.45) is 0.513. The van der Waals surface area contributed by atoms with Crippen LogP contribution in [0.25, 0.3) is 11.4 Å². The molecule has 0 radical (unpaired) electrons. The largest absolute Gasteiger partial charge is 0.380 e. The molecule has 1 aromatic heterocycles. The number of para-hydroxylation sites is 1. The average Bonchev–Trinajstić information content (AvgIpc) is 3.11. The number of hydrogen-bond acceptors (Lipinski definition) is 5. The lowest BCUT2D eigenvalue weighted by atomic mass is 10.2. The minimum absolute atomic E-state index is 0.157. The predicted molar refractivity (Wildman–Crippen MR) is 93.8 cm³/mol. The molecule has 0 unspecified atom stereocenters. The van der Waals surface area contributed by atoms with E-state index in [1.54, 1.807) is 19.2 Å². The fraction of sp³-hybridized carbons (Fsp3) is 0.211. The van der Waals surface area contributed by atoms with Gasteiger partial charge in [-0.15, -0.1) is 0 Å². The fourth-order valence-corrected chi connectivity index (χ4v) is 2.43. The average molecular weight is 355 g/mol. The molecule has 1 N–H and O–H groups in total. The van der Waals surface area contributed by atoms with Crippen molar-refractivity contribution in [1.82, 2.24) is 10.1 Å². The van der Waals surface area contributed by atoms with Crippen LogP contribution in [0.4, 0.5) is 10.1 Å². The zero-order chi connectivity index (χ0) is 18.4. The molecule has 0 aliphatic carbocycles. The maximum atomic E-state index is 13.0. The third kappa shape index (κ3) is 4.52. The predicted octanol–water partition coefficient (Wildman–Crippen LogP) is 3.59. The number of methoxy groups -OCH3 is 1. The standard InChI is InChI=1S/C19H18FN3O3/c1-25-12-14-4-2-3-5-16(14)21-17(24)10-11-18-22-19(23-26-18)13-6-8-15(20)9-7-13/h2-9H,10-12H2,1H3,(H,21,24). The third-order valence-corrected chi connectivity index (χ3v) is 3.73. The molecule has 0 fully saturated rings. The van der Waals surface area contributed by atoms with Crippen LogP contribution < -0.4 is 5.32 Å². The van der Waals surface area contributed by atoms with Crippen LogP contribution in [0.15, 0.2) is 53.1 Å². The van der Waals surface area contributed by atoms with Gasteiger partial charge in [0.2, 0.25) is 17.6 Å². The molecule has 3 aromatic rings. The van der Waals surface area contributed by atoms with E-state index in [-0.39, 0.29) is 18.1 Å². The van der Waals surface area contributed by atoms with Crippen LogP contribution in [0.5, 0.6) is 0 Å². The normalized spacial score (nSPS) is 10.7. The summed E-state index contributed by atoms with van der Waals surface area (Å²) in [5, 5.41) is 6.72. The van der Waals surface area contributed by atoms with Gasteiger partial charge in [0.05, 0.1) is 6.61 Å². The van der Waals surface area contributed by atoms with Crippen molar-refractivity contribution in [2.75, 3.05) is 12.4 Å². The molecule has 0 saturated carbocycles. The van der Waals surface area contributed by atoms with Gasteiger partial charge in [-0.25, -0.2) is 4.39 Å². The molecule has 1 amide bonds. The Morgan fingerprint density at radius 1 is 1.19 bits per heavy atom. The summed E-state index contributed by atoms with van der Waals surface area (Å²) in [5.41, 5.74) is 2.27. The van der Waals surface area contributed by atoms with Crippen molar-refractivity contribution >= 4 is 11.6 Å². The molecule has 0 atom stereocenters. The Morgan fingerprint density at radius 2 is 1.96 bits per heavy atom. The monoisotopic (exact) mass is 355 g/mol. The number of anilines is 1. The van der Waals surface area contributed by atoms with Gasteiger partial charge in [0, 0.05) is 36.8 Å². The van der Waals surface area contributed by atoms with E-state index in [9.17, 15) is 9.18 Å². The lowest BCUT2D eigenvalue weighted by Crippen LogP contribution is -2.14. The van der Waals surface area contributed by atoms with Gasteiger partial charge in [-0.1, -0.05) is 23.4 Å². The first-order valence-corrected chi connectivity index (χ1v) is 8.11. The van der Waals surface area contributed by atoms with E-state index in [4.69, 9.17) is 9.26 Å². The van der Waals surface area contributed by atoms with Gasteiger partial charge in [-0.05, 0) is 30.3 Å². The number of amides is 1. The first-order chi connectivity index (χ1) is 12.7. The number of nitrogens with zero attached hydrogens (tertiary/aromatic N) is 2. The summed E-state index contributed by atoms with van der Waals surface area (Å²) in [6.45, 7) is 0.418. The number of benzene rings is 2. The van der Waals surface area contributed by atoms with Gasteiger partial charge in [0.15, 0.2) is 0 Å². The molecule has 7 heteroatoms. The second kappa shape index (κ2) is 8.35. The number of halogens is 1. The van der Waals surface area contributed by atoms with Crippen molar-refractivity contribution < 1.29 is 18.4 Å². The number of carbonyl (C=O) groups excluding carboxylic acids is 1. The maximum absolute atomic E-state index is 13.0. The molecule has 3 rings (SSSR count). The molecule has 2 aromatic carbocycles. The fourth-order valence-electron chi connectivity index (χ4n) is 2.43. The Balaban J connectivity index is 1.58. The van der Waals surface area contributed by atoms with E-state index in [0.29, 0.717) is 30.3 Å². The number of ether oxygens (including phenoxy) is 1. The minimum atomic E-state index is -0.331. The summed E-state index contributed by atoms with van der Waals surface area (Å²) in [5.74, 6) is 0.230. The van der Waals surface area contributed by atoms with Crippen molar-refractivity contribution in [1.29, 1.82) is 0 Å². The molecule has 0 spiro atoms. The summed E-state index contributed by atoms with van der Waals surface area (Å²) in [6, 6.07) is 13.3. The SMILES string of the molecule is COCc1ccccc1NC(=O)CCc1nc(-c2ccc(F)cc2)no1. The zero-order valence-electron chi connectivity index (χ0n) is 14.2. The second-order valence-electron chi connectivity index (χ2n) is 5.66. The highest BCUT2D eigenvalue weighted by Gasteiger charge is 2.12. The number of aromatic nitrogens is 2. The lowest BCUT2D eigenvalue weighted by Gasteiger charge is -2.09. The Kier molecular flexibility index (Phi) is 5.70. The molecule has 134 valence electrons. The number of hydrogen-bond donors (Lipinski definition) is 1. The highest BCUT2D eigenvalue weighted by atomic mass is 19.1. The first-order valence-electron chi connectivity index (χ1n) is 8.11. The number of carbonyl (C=O) groups is 1. The smallest absolute Gasteiger partial charge is 0.227 e. The first kappa shape index (κ1) is 17.8.